The molecular weight excluding hydrogens is 506 g/mol. The molecule has 8 nitrogen and oxygen atoms in total. The first-order chi connectivity index (χ1) is 19.0. The van der Waals surface area contributed by atoms with Crippen LogP contribution in [0.4, 0.5) is 0 Å². The van der Waals surface area contributed by atoms with Crippen molar-refractivity contribution in [3.63, 3.8) is 0 Å². The lowest BCUT2D eigenvalue weighted by molar-refractivity contribution is -0.160. The molecule has 224 valence electrons. The molecule has 4 aliphatic rings. The third-order valence-electron chi connectivity index (χ3n) is 10.3. The van der Waals surface area contributed by atoms with Crippen LogP contribution in [0.15, 0.2) is 25.3 Å². The number of nitrogens with zero attached hydrogens (tertiary/aromatic N) is 3. The first-order valence-corrected chi connectivity index (χ1v) is 15.5. The largest absolute Gasteiger partial charge is 0.394 e. The average Bonchev–Trinajstić information content (AvgIpc) is 3.44. The quantitative estimate of drug-likeness (QED) is 0.369. The molecule has 4 fully saturated rings. The minimum absolute atomic E-state index is 0.0258. The number of carbonyl (C=O) groups is 3. The lowest BCUT2D eigenvalue weighted by atomic mass is 9.62. The molecule has 3 unspecified atom stereocenters. The van der Waals surface area contributed by atoms with Crippen molar-refractivity contribution in [3.05, 3.63) is 25.3 Å². The van der Waals surface area contributed by atoms with Gasteiger partial charge in [0.05, 0.1) is 30.1 Å². The molecule has 0 aromatic rings. The van der Waals surface area contributed by atoms with Crippen LogP contribution in [0, 0.1) is 23.7 Å². The normalized spacial score (nSPS) is 34.2. The molecule has 3 saturated heterocycles. The van der Waals surface area contributed by atoms with Crippen LogP contribution in [-0.2, 0) is 19.1 Å². The number of hydrogen-bond donors (Lipinski definition) is 1. The Morgan fingerprint density at radius 1 is 1.15 bits per heavy atom. The number of aliphatic hydroxyl groups is 1. The zero-order valence-corrected chi connectivity index (χ0v) is 25.3. The predicted molar refractivity (Wildman–Crippen MR) is 155 cm³/mol. The first-order valence-electron chi connectivity index (χ1n) is 15.5. The highest BCUT2D eigenvalue weighted by Crippen LogP contribution is 2.66. The van der Waals surface area contributed by atoms with Gasteiger partial charge in [-0.25, -0.2) is 0 Å². The Morgan fingerprint density at radius 3 is 2.35 bits per heavy atom. The molecule has 40 heavy (non-hydrogen) atoms. The van der Waals surface area contributed by atoms with Gasteiger partial charge in [-0.05, 0) is 44.4 Å². The Balaban J connectivity index is 1.85. The number of ether oxygens (including phenoxy) is 1. The van der Waals surface area contributed by atoms with Crippen molar-refractivity contribution < 1.29 is 24.2 Å². The number of likely N-dealkylation sites (tertiary alicyclic amines) is 1. The van der Waals surface area contributed by atoms with Gasteiger partial charge in [-0.2, -0.15) is 0 Å². The summed E-state index contributed by atoms with van der Waals surface area (Å²) < 4.78 is 6.96. The summed E-state index contributed by atoms with van der Waals surface area (Å²) in [7, 11) is 0. The number of aliphatic hydroxyl groups excluding tert-OH is 1. The van der Waals surface area contributed by atoms with Gasteiger partial charge in [0.1, 0.15) is 11.6 Å². The fourth-order valence-electron chi connectivity index (χ4n) is 8.33. The summed E-state index contributed by atoms with van der Waals surface area (Å²) in [6.07, 6.45) is 9.93. The van der Waals surface area contributed by atoms with Crippen LogP contribution in [0.2, 0.25) is 0 Å². The third-order valence-corrected chi connectivity index (χ3v) is 10.3. The summed E-state index contributed by atoms with van der Waals surface area (Å²) >= 11 is 0. The van der Waals surface area contributed by atoms with Gasteiger partial charge in [0.25, 0.3) is 0 Å². The van der Waals surface area contributed by atoms with Crippen molar-refractivity contribution >= 4 is 17.7 Å². The molecule has 7 atom stereocenters. The maximum Gasteiger partial charge on any atom is 0.248 e. The summed E-state index contributed by atoms with van der Waals surface area (Å²) in [5.41, 5.74) is -1.99. The van der Waals surface area contributed by atoms with Gasteiger partial charge in [0.15, 0.2) is 0 Å². The summed E-state index contributed by atoms with van der Waals surface area (Å²) in [6.45, 7) is 18.9. The highest BCUT2D eigenvalue weighted by Gasteiger charge is 2.80. The topological polar surface area (TPSA) is 90.4 Å². The van der Waals surface area contributed by atoms with Crippen LogP contribution < -0.4 is 0 Å². The van der Waals surface area contributed by atoms with Crippen molar-refractivity contribution in [1.82, 2.24) is 14.7 Å². The second-order valence-corrected chi connectivity index (χ2v) is 13.1. The van der Waals surface area contributed by atoms with E-state index >= 15 is 0 Å². The highest BCUT2D eigenvalue weighted by atomic mass is 16.5. The minimum atomic E-state index is -1.12. The molecule has 3 heterocycles. The van der Waals surface area contributed by atoms with Gasteiger partial charge in [-0.1, -0.05) is 59.1 Å². The van der Waals surface area contributed by atoms with E-state index in [-0.39, 0.29) is 42.2 Å². The Morgan fingerprint density at radius 2 is 1.80 bits per heavy atom. The molecule has 3 amide bonds. The standard InChI is InChI=1S/C32H51N3O5/c1-8-16-33(17-9-2)28(37)25-26-29(38)35(24(20-36)21(4)5)27(32(26)19-22(6)31(25,7)40-32)30(39)34(18-10-3)23-14-12-11-13-15-23/h8,10,21-27,36H,1,3,9,11-20H2,2,4-7H3/t22?,24-,25+,26-,27?,31-,32?/m0/s1. The molecule has 1 spiro atoms. The van der Waals surface area contributed by atoms with E-state index in [1.54, 1.807) is 22.0 Å². The van der Waals surface area contributed by atoms with Crippen molar-refractivity contribution in [1.29, 1.82) is 0 Å². The summed E-state index contributed by atoms with van der Waals surface area (Å²) in [5.74, 6) is -2.07. The molecule has 1 N–H and O–H groups in total. The molecule has 0 radical (unpaired) electrons. The Hall–Kier alpha value is -2.19. The number of rotatable bonds is 12. The fourth-order valence-corrected chi connectivity index (χ4v) is 8.33. The maximum atomic E-state index is 14.8. The SMILES string of the molecule is C=CCN(CCC)C(=O)[C@H]1[C@H]2C(=O)N([C@@H](CO)C(C)C)C(C(=O)N(CC=C)C3CCCCC3)C23CC(C)[C@]1(C)O3. The van der Waals surface area contributed by atoms with Gasteiger partial charge in [0.2, 0.25) is 17.7 Å². The second kappa shape index (κ2) is 12.0. The first kappa shape index (κ1) is 30.8. The van der Waals surface area contributed by atoms with E-state index in [1.165, 1.54) is 0 Å². The van der Waals surface area contributed by atoms with Crippen LogP contribution in [0.3, 0.4) is 0 Å². The molecule has 0 aromatic carbocycles. The number of amides is 3. The lowest BCUT2D eigenvalue weighted by Crippen LogP contribution is -2.61. The second-order valence-electron chi connectivity index (χ2n) is 13.1. The van der Waals surface area contributed by atoms with E-state index in [0.29, 0.717) is 26.1 Å². The maximum absolute atomic E-state index is 14.8. The van der Waals surface area contributed by atoms with E-state index in [9.17, 15) is 19.5 Å². The molecule has 8 heteroatoms. The van der Waals surface area contributed by atoms with Crippen LogP contribution in [0.25, 0.3) is 0 Å². The van der Waals surface area contributed by atoms with Crippen LogP contribution in [-0.4, -0.2) is 93.1 Å². The minimum Gasteiger partial charge on any atom is -0.394 e. The summed E-state index contributed by atoms with van der Waals surface area (Å²) in [6, 6.07) is -1.37. The summed E-state index contributed by atoms with van der Waals surface area (Å²) in [5, 5.41) is 10.5. The fraction of sp³-hybridized carbons (Fsp3) is 0.781. The number of fused-ring (bicyclic) bond motifs is 1. The van der Waals surface area contributed by atoms with E-state index in [4.69, 9.17) is 4.74 Å². The lowest BCUT2D eigenvalue weighted by Gasteiger charge is -2.43. The average molecular weight is 558 g/mol. The Bertz CT molecular complexity index is 993. The van der Waals surface area contributed by atoms with Crippen molar-refractivity contribution in [2.24, 2.45) is 23.7 Å². The van der Waals surface area contributed by atoms with Gasteiger partial charge < -0.3 is 24.5 Å². The zero-order valence-electron chi connectivity index (χ0n) is 25.3. The molecule has 4 rings (SSSR count). The van der Waals surface area contributed by atoms with Crippen molar-refractivity contribution in [2.75, 3.05) is 26.2 Å². The van der Waals surface area contributed by atoms with Gasteiger partial charge in [-0.3, -0.25) is 14.4 Å². The van der Waals surface area contributed by atoms with Crippen LogP contribution in [0.1, 0.15) is 79.6 Å². The third kappa shape index (κ3) is 4.73. The monoisotopic (exact) mass is 557 g/mol. The molecule has 3 aliphatic heterocycles. The van der Waals surface area contributed by atoms with E-state index < -0.39 is 35.1 Å². The van der Waals surface area contributed by atoms with Crippen LogP contribution in [0.5, 0.6) is 0 Å². The molecule has 0 aromatic heterocycles. The van der Waals surface area contributed by atoms with Gasteiger partial charge in [-0.15, -0.1) is 13.2 Å². The van der Waals surface area contributed by atoms with Gasteiger partial charge in [0, 0.05) is 25.7 Å². The Kier molecular flexibility index (Phi) is 9.20. The molecular formula is C32H51N3O5. The van der Waals surface area contributed by atoms with E-state index in [1.807, 2.05) is 32.6 Å². The highest BCUT2D eigenvalue weighted by molar-refractivity contribution is 5.99. The van der Waals surface area contributed by atoms with E-state index in [0.717, 1.165) is 38.5 Å². The molecule has 1 aliphatic carbocycles. The number of hydrogen-bond acceptors (Lipinski definition) is 5. The molecule has 1 saturated carbocycles. The molecule has 2 bridgehead atoms. The van der Waals surface area contributed by atoms with Crippen LogP contribution >= 0.6 is 0 Å². The number of carbonyl (C=O) groups excluding carboxylic acids is 3. The van der Waals surface area contributed by atoms with Crippen molar-refractivity contribution in [3.8, 4) is 0 Å². The smallest absolute Gasteiger partial charge is 0.248 e. The zero-order chi connectivity index (χ0) is 29.4. The Labute approximate surface area is 240 Å². The van der Waals surface area contributed by atoms with E-state index in [2.05, 4.69) is 20.1 Å². The predicted octanol–water partition coefficient (Wildman–Crippen LogP) is 3.79. The van der Waals surface area contributed by atoms with Gasteiger partial charge >= 0.3 is 0 Å². The van der Waals surface area contributed by atoms with Crippen molar-refractivity contribution in [2.45, 2.75) is 109 Å². The summed E-state index contributed by atoms with van der Waals surface area (Å²) in [4.78, 5) is 49.0.